The van der Waals surface area contributed by atoms with Crippen LogP contribution < -0.4 is 16.0 Å². The molecule has 1 heterocycles. The van der Waals surface area contributed by atoms with E-state index < -0.39 is 0 Å². The van der Waals surface area contributed by atoms with Crippen LogP contribution in [0, 0.1) is 5.92 Å². The van der Waals surface area contributed by atoms with Crippen LogP contribution in [-0.4, -0.2) is 36.6 Å². The van der Waals surface area contributed by atoms with E-state index in [4.69, 9.17) is 5.73 Å². The minimum absolute atomic E-state index is 0.608. The van der Waals surface area contributed by atoms with Gasteiger partial charge in [-0.05, 0) is 18.8 Å². The molecular formula is C12H21N5. The molecule has 1 saturated carbocycles. The van der Waals surface area contributed by atoms with E-state index in [1.54, 1.807) is 6.33 Å². The highest BCUT2D eigenvalue weighted by atomic mass is 15.2. The van der Waals surface area contributed by atoms with Crippen LogP contribution >= 0.6 is 0 Å². The van der Waals surface area contributed by atoms with Crippen LogP contribution in [0.3, 0.4) is 0 Å². The molecule has 3 N–H and O–H groups in total. The van der Waals surface area contributed by atoms with E-state index in [9.17, 15) is 0 Å². The summed E-state index contributed by atoms with van der Waals surface area (Å²) in [6.45, 7) is 2.44. The van der Waals surface area contributed by atoms with Gasteiger partial charge in [-0.2, -0.15) is 0 Å². The Morgan fingerprint density at radius 1 is 1.47 bits per heavy atom. The maximum absolute atomic E-state index is 5.45. The van der Waals surface area contributed by atoms with Crippen LogP contribution in [-0.2, 0) is 0 Å². The molecule has 5 heteroatoms. The Morgan fingerprint density at radius 2 is 2.29 bits per heavy atom. The number of rotatable bonds is 6. The van der Waals surface area contributed by atoms with Gasteiger partial charge in [0, 0.05) is 32.7 Å². The molecule has 0 atom stereocenters. The predicted octanol–water partition coefficient (Wildman–Crippen LogP) is 1.08. The van der Waals surface area contributed by atoms with Crippen molar-refractivity contribution in [3.63, 3.8) is 0 Å². The Labute approximate surface area is 102 Å². The van der Waals surface area contributed by atoms with Gasteiger partial charge >= 0.3 is 0 Å². The molecule has 0 unspecified atom stereocenters. The van der Waals surface area contributed by atoms with Crippen molar-refractivity contribution in [1.29, 1.82) is 0 Å². The number of aromatic nitrogens is 2. The quantitative estimate of drug-likeness (QED) is 0.772. The lowest BCUT2D eigenvalue weighted by Gasteiger charge is -2.30. The highest BCUT2D eigenvalue weighted by Crippen LogP contribution is 2.28. The Bertz CT molecular complexity index is 351. The summed E-state index contributed by atoms with van der Waals surface area (Å²) >= 11 is 0. The molecular weight excluding hydrogens is 214 g/mol. The zero-order valence-electron chi connectivity index (χ0n) is 10.4. The standard InChI is InChI=1S/C12H21N5/c1-17(8-10-3-2-4-10)12-7-11(14-6-5-13)15-9-16-12/h7,9-10H,2-6,8,13H2,1H3,(H,14,15,16). The van der Waals surface area contributed by atoms with Crippen molar-refractivity contribution in [2.75, 3.05) is 36.9 Å². The van der Waals surface area contributed by atoms with Gasteiger partial charge in [-0.3, -0.25) is 0 Å². The molecule has 1 aromatic rings. The van der Waals surface area contributed by atoms with Gasteiger partial charge in [0.15, 0.2) is 0 Å². The van der Waals surface area contributed by atoms with Gasteiger partial charge in [-0.25, -0.2) is 9.97 Å². The fourth-order valence-electron chi connectivity index (χ4n) is 2.01. The van der Waals surface area contributed by atoms with E-state index in [0.29, 0.717) is 6.54 Å². The Hall–Kier alpha value is -1.36. The maximum atomic E-state index is 5.45. The zero-order chi connectivity index (χ0) is 12.1. The largest absolute Gasteiger partial charge is 0.369 e. The normalized spacial score (nSPS) is 15.4. The second-order valence-corrected chi connectivity index (χ2v) is 4.65. The van der Waals surface area contributed by atoms with E-state index in [1.807, 2.05) is 6.07 Å². The smallest absolute Gasteiger partial charge is 0.133 e. The van der Waals surface area contributed by atoms with E-state index >= 15 is 0 Å². The van der Waals surface area contributed by atoms with E-state index in [0.717, 1.165) is 30.6 Å². The van der Waals surface area contributed by atoms with Crippen LogP contribution in [0.2, 0.25) is 0 Å². The van der Waals surface area contributed by atoms with Crippen LogP contribution in [0.25, 0.3) is 0 Å². The van der Waals surface area contributed by atoms with Crippen molar-refractivity contribution < 1.29 is 0 Å². The third kappa shape index (κ3) is 3.30. The lowest BCUT2D eigenvalue weighted by Crippen LogP contribution is -2.30. The van der Waals surface area contributed by atoms with Crippen LogP contribution in [0.1, 0.15) is 19.3 Å². The number of anilines is 2. The second-order valence-electron chi connectivity index (χ2n) is 4.65. The molecule has 94 valence electrons. The van der Waals surface area contributed by atoms with Crippen LogP contribution in [0.5, 0.6) is 0 Å². The molecule has 0 amide bonds. The molecule has 2 rings (SSSR count). The first kappa shape index (κ1) is 12.1. The third-order valence-electron chi connectivity index (χ3n) is 3.25. The summed E-state index contributed by atoms with van der Waals surface area (Å²) in [4.78, 5) is 10.7. The van der Waals surface area contributed by atoms with Crippen molar-refractivity contribution in [2.45, 2.75) is 19.3 Å². The number of nitrogens with two attached hydrogens (primary N) is 1. The van der Waals surface area contributed by atoms with Crippen LogP contribution in [0.4, 0.5) is 11.6 Å². The average Bonchev–Trinajstić information content (AvgIpc) is 2.31. The molecule has 5 nitrogen and oxygen atoms in total. The number of hydrogen-bond donors (Lipinski definition) is 2. The molecule has 0 bridgehead atoms. The average molecular weight is 235 g/mol. The molecule has 0 aromatic carbocycles. The highest BCUT2D eigenvalue weighted by Gasteiger charge is 2.19. The second kappa shape index (κ2) is 5.82. The first-order chi connectivity index (χ1) is 8.29. The molecule has 1 aliphatic rings. The summed E-state index contributed by atoms with van der Waals surface area (Å²) in [5, 5.41) is 3.17. The van der Waals surface area contributed by atoms with Crippen LogP contribution in [0.15, 0.2) is 12.4 Å². The van der Waals surface area contributed by atoms with Crippen molar-refractivity contribution in [3.8, 4) is 0 Å². The van der Waals surface area contributed by atoms with Gasteiger partial charge in [0.2, 0.25) is 0 Å². The summed E-state index contributed by atoms with van der Waals surface area (Å²) in [5.41, 5.74) is 5.45. The molecule has 0 radical (unpaired) electrons. The summed E-state index contributed by atoms with van der Waals surface area (Å²) in [5.74, 6) is 2.67. The number of hydrogen-bond acceptors (Lipinski definition) is 5. The number of nitrogens with one attached hydrogen (secondary N) is 1. The maximum Gasteiger partial charge on any atom is 0.133 e. The molecule has 0 aliphatic heterocycles. The van der Waals surface area contributed by atoms with E-state index in [2.05, 4.69) is 27.2 Å². The first-order valence-corrected chi connectivity index (χ1v) is 6.26. The minimum atomic E-state index is 0.608. The lowest BCUT2D eigenvalue weighted by molar-refractivity contribution is 0.321. The van der Waals surface area contributed by atoms with Gasteiger partial charge in [0.25, 0.3) is 0 Å². The van der Waals surface area contributed by atoms with Gasteiger partial charge in [-0.15, -0.1) is 0 Å². The molecule has 1 aliphatic carbocycles. The molecule has 1 aromatic heterocycles. The molecule has 17 heavy (non-hydrogen) atoms. The molecule has 0 spiro atoms. The van der Waals surface area contributed by atoms with Gasteiger partial charge in [-0.1, -0.05) is 6.42 Å². The monoisotopic (exact) mass is 235 g/mol. The van der Waals surface area contributed by atoms with E-state index in [-0.39, 0.29) is 0 Å². The fraction of sp³-hybridized carbons (Fsp3) is 0.667. The number of nitrogens with zero attached hydrogens (tertiary/aromatic N) is 3. The Kier molecular flexibility index (Phi) is 4.14. The Morgan fingerprint density at radius 3 is 2.94 bits per heavy atom. The highest BCUT2D eigenvalue weighted by molar-refractivity contribution is 5.47. The molecule has 1 fully saturated rings. The summed E-state index contributed by atoms with van der Waals surface area (Å²) < 4.78 is 0. The summed E-state index contributed by atoms with van der Waals surface area (Å²) in [6, 6.07) is 1.98. The lowest BCUT2D eigenvalue weighted by atomic mass is 9.85. The van der Waals surface area contributed by atoms with Gasteiger partial charge in [0.05, 0.1) is 0 Å². The van der Waals surface area contributed by atoms with Gasteiger partial charge < -0.3 is 16.0 Å². The summed E-state index contributed by atoms with van der Waals surface area (Å²) in [7, 11) is 2.09. The molecule has 0 saturated heterocycles. The fourth-order valence-corrected chi connectivity index (χ4v) is 2.01. The minimum Gasteiger partial charge on any atom is -0.369 e. The van der Waals surface area contributed by atoms with Crippen molar-refractivity contribution in [2.24, 2.45) is 11.7 Å². The predicted molar refractivity (Wildman–Crippen MR) is 70.2 cm³/mol. The van der Waals surface area contributed by atoms with Gasteiger partial charge in [0.1, 0.15) is 18.0 Å². The van der Waals surface area contributed by atoms with Crippen molar-refractivity contribution >= 4 is 11.6 Å². The zero-order valence-corrected chi connectivity index (χ0v) is 10.4. The van der Waals surface area contributed by atoms with Crippen molar-refractivity contribution in [3.05, 3.63) is 12.4 Å². The van der Waals surface area contributed by atoms with Crippen molar-refractivity contribution in [1.82, 2.24) is 9.97 Å². The third-order valence-corrected chi connectivity index (χ3v) is 3.25. The van der Waals surface area contributed by atoms with E-state index in [1.165, 1.54) is 19.3 Å². The Balaban J connectivity index is 1.93. The SMILES string of the molecule is CN(CC1CCC1)c1cc(NCCN)ncn1. The first-order valence-electron chi connectivity index (χ1n) is 6.26. The topological polar surface area (TPSA) is 67.1 Å². The summed E-state index contributed by atoms with van der Waals surface area (Å²) in [6.07, 6.45) is 5.69.